The van der Waals surface area contributed by atoms with E-state index in [-0.39, 0.29) is 5.92 Å². The van der Waals surface area contributed by atoms with Gasteiger partial charge >= 0.3 is 0 Å². The second-order valence-electron chi connectivity index (χ2n) is 13.7. The van der Waals surface area contributed by atoms with E-state index in [2.05, 4.69) is 27.7 Å². The van der Waals surface area contributed by atoms with Gasteiger partial charge < -0.3 is 15.3 Å². The lowest BCUT2D eigenvalue weighted by Crippen LogP contribution is -2.55. The zero-order valence-electron chi connectivity index (χ0n) is 21.9. The summed E-state index contributed by atoms with van der Waals surface area (Å²) in [6, 6.07) is 9.79. The Morgan fingerprint density at radius 3 is 2.29 bits per heavy atom. The highest BCUT2D eigenvalue weighted by Crippen LogP contribution is 2.68. The minimum absolute atomic E-state index is 0.210. The van der Waals surface area contributed by atoms with Crippen LogP contribution in [0.4, 0.5) is 0 Å². The number of benzene rings is 1. The minimum atomic E-state index is -0.599. The van der Waals surface area contributed by atoms with Crippen LogP contribution in [0.1, 0.15) is 104 Å². The van der Waals surface area contributed by atoms with Crippen molar-refractivity contribution < 1.29 is 15.3 Å². The van der Waals surface area contributed by atoms with Crippen LogP contribution < -0.4 is 0 Å². The maximum absolute atomic E-state index is 11.2. The van der Waals surface area contributed by atoms with Crippen LogP contribution in [0.5, 0.6) is 0 Å². The average molecular weight is 469 g/mol. The first-order valence-electron chi connectivity index (χ1n) is 14.2. The summed E-state index contributed by atoms with van der Waals surface area (Å²) in [6.07, 6.45) is 10.2. The number of hydrogen-bond donors (Lipinski definition) is 3. The quantitative estimate of drug-likeness (QED) is 0.461. The van der Waals surface area contributed by atoms with Crippen LogP contribution >= 0.6 is 0 Å². The topological polar surface area (TPSA) is 60.7 Å². The number of aliphatic hydroxyl groups is 3. The maximum atomic E-state index is 11.2. The molecule has 4 saturated carbocycles. The van der Waals surface area contributed by atoms with E-state index in [4.69, 9.17) is 0 Å². The lowest BCUT2D eigenvalue weighted by atomic mass is 9.43. The molecular formula is C31H48O3. The Hall–Kier alpha value is -0.900. The largest absolute Gasteiger partial charge is 0.393 e. The Morgan fingerprint density at radius 2 is 1.56 bits per heavy atom. The van der Waals surface area contributed by atoms with E-state index < -0.39 is 17.8 Å². The molecule has 0 aliphatic heterocycles. The molecule has 4 fully saturated rings. The lowest BCUT2D eigenvalue weighted by molar-refractivity contribution is -0.149. The standard InChI is InChI=1S/C31H48O3/c1-20(27(32)18-28(33)21-8-6-5-7-9-21)24-12-13-25-23-11-10-22-19-29(2,34)16-17-30(22,3)26(23)14-15-31(24,25)4/h5-9,20,22-28,32-34H,10-19H2,1-4H3/t20-,22-,23-,24+,25-,26-,27+,28-,29-,30-,31+/m0/s1. The van der Waals surface area contributed by atoms with Crippen molar-refractivity contribution >= 4 is 0 Å². The first kappa shape index (κ1) is 24.8. The molecule has 1 aromatic carbocycles. The fraction of sp³-hybridized carbons (Fsp3) is 0.806. The molecule has 4 aliphatic rings. The molecule has 0 aromatic heterocycles. The van der Waals surface area contributed by atoms with Gasteiger partial charge in [-0.15, -0.1) is 0 Å². The first-order chi connectivity index (χ1) is 16.1. The molecule has 1 aromatic rings. The van der Waals surface area contributed by atoms with E-state index in [0.717, 1.165) is 36.2 Å². The number of hydrogen-bond acceptors (Lipinski definition) is 3. The molecule has 0 saturated heterocycles. The summed E-state index contributed by atoms with van der Waals surface area (Å²) in [5.41, 5.74) is 1.15. The van der Waals surface area contributed by atoms with Gasteiger partial charge in [-0.1, -0.05) is 51.1 Å². The van der Waals surface area contributed by atoms with Crippen molar-refractivity contribution in [1.29, 1.82) is 0 Å². The molecule has 0 bridgehead atoms. The van der Waals surface area contributed by atoms with Crippen LogP contribution in [0, 0.1) is 46.3 Å². The lowest BCUT2D eigenvalue weighted by Gasteiger charge is -2.62. The van der Waals surface area contributed by atoms with E-state index in [1.54, 1.807) is 0 Å². The highest BCUT2D eigenvalue weighted by atomic mass is 16.3. The molecule has 0 amide bonds. The van der Waals surface area contributed by atoms with Gasteiger partial charge in [0, 0.05) is 6.42 Å². The van der Waals surface area contributed by atoms with Gasteiger partial charge in [0.15, 0.2) is 0 Å². The van der Waals surface area contributed by atoms with Crippen molar-refractivity contribution in [2.45, 2.75) is 110 Å². The van der Waals surface area contributed by atoms with Gasteiger partial charge in [0.2, 0.25) is 0 Å². The Bertz CT molecular complexity index is 851. The third-order valence-electron chi connectivity index (χ3n) is 11.9. The number of aliphatic hydroxyl groups excluding tert-OH is 2. The van der Waals surface area contributed by atoms with Crippen LogP contribution in [0.3, 0.4) is 0 Å². The molecule has 190 valence electrons. The van der Waals surface area contributed by atoms with Crippen molar-refractivity contribution in [2.24, 2.45) is 46.3 Å². The Labute approximate surface area is 207 Å². The number of fused-ring (bicyclic) bond motifs is 5. The highest BCUT2D eigenvalue weighted by molar-refractivity contribution is 5.17. The molecule has 3 nitrogen and oxygen atoms in total. The molecule has 3 N–H and O–H groups in total. The van der Waals surface area contributed by atoms with Gasteiger partial charge in [0.25, 0.3) is 0 Å². The molecule has 0 unspecified atom stereocenters. The van der Waals surface area contributed by atoms with Crippen molar-refractivity contribution in [2.75, 3.05) is 0 Å². The summed E-state index contributed by atoms with van der Waals surface area (Å²) in [6.45, 7) is 9.41. The fourth-order valence-electron chi connectivity index (χ4n) is 9.86. The van der Waals surface area contributed by atoms with Gasteiger partial charge in [0.05, 0.1) is 17.8 Å². The number of rotatable bonds is 5. The molecule has 0 heterocycles. The van der Waals surface area contributed by atoms with Gasteiger partial charge in [-0.05, 0) is 117 Å². The first-order valence-corrected chi connectivity index (χ1v) is 14.2. The fourth-order valence-corrected chi connectivity index (χ4v) is 9.86. The predicted octanol–water partition coefficient (Wildman–Crippen LogP) is 6.52. The van der Waals surface area contributed by atoms with Crippen molar-refractivity contribution in [1.82, 2.24) is 0 Å². The van der Waals surface area contributed by atoms with E-state index >= 15 is 0 Å². The van der Waals surface area contributed by atoms with Crippen LogP contribution in [-0.4, -0.2) is 27.0 Å². The molecule has 34 heavy (non-hydrogen) atoms. The van der Waals surface area contributed by atoms with Crippen molar-refractivity contribution in [3.63, 3.8) is 0 Å². The maximum Gasteiger partial charge on any atom is 0.0814 e. The minimum Gasteiger partial charge on any atom is -0.393 e. The van der Waals surface area contributed by atoms with Crippen molar-refractivity contribution in [3.8, 4) is 0 Å². The zero-order chi connectivity index (χ0) is 24.3. The molecular weight excluding hydrogens is 420 g/mol. The van der Waals surface area contributed by atoms with Gasteiger partial charge in [0.1, 0.15) is 0 Å². The normalized spacial score (nSPS) is 46.6. The SMILES string of the molecule is C[C@H]([C@H](O)C[C@H](O)c1ccccc1)[C@H]1CC[C@H]2[C@@H]3CC[C@H]4C[C@@](C)(O)CC[C@]4(C)[C@H]3CC[C@]12C. The van der Waals surface area contributed by atoms with Gasteiger partial charge in [-0.25, -0.2) is 0 Å². The second-order valence-corrected chi connectivity index (χ2v) is 13.7. The summed E-state index contributed by atoms with van der Waals surface area (Å²) >= 11 is 0. The molecule has 11 atom stereocenters. The summed E-state index contributed by atoms with van der Waals surface area (Å²) in [5, 5.41) is 32.7. The average Bonchev–Trinajstić information content (AvgIpc) is 3.16. The predicted molar refractivity (Wildman–Crippen MR) is 137 cm³/mol. The summed E-state index contributed by atoms with van der Waals surface area (Å²) in [7, 11) is 0. The van der Waals surface area contributed by atoms with Crippen LogP contribution in [0.15, 0.2) is 30.3 Å². The second kappa shape index (κ2) is 8.89. The molecule has 3 heteroatoms. The van der Waals surface area contributed by atoms with E-state index in [1.165, 1.54) is 44.9 Å². The zero-order valence-corrected chi connectivity index (χ0v) is 21.9. The monoisotopic (exact) mass is 468 g/mol. The summed E-state index contributed by atoms with van der Waals surface area (Å²) in [4.78, 5) is 0. The smallest absolute Gasteiger partial charge is 0.0814 e. The summed E-state index contributed by atoms with van der Waals surface area (Å²) in [5.74, 6) is 3.81. The van der Waals surface area contributed by atoms with Crippen LogP contribution in [0.25, 0.3) is 0 Å². The van der Waals surface area contributed by atoms with Gasteiger partial charge in [-0.2, -0.15) is 0 Å². The van der Waals surface area contributed by atoms with Crippen molar-refractivity contribution in [3.05, 3.63) is 35.9 Å². The Morgan fingerprint density at radius 1 is 0.853 bits per heavy atom. The molecule has 5 rings (SSSR count). The Balaban J connectivity index is 1.29. The van der Waals surface area contributed by atoms with E-state index in [9.17, 15) is 15.3 Å². The molecule has 0 spiro atoms. The Kier molecular flexibility index (Phi) is 6.48. The van der Waals surface area contributed by atoms with E-state index in [1.807, 2.05) is 30.3 Å². The highest BCUT2D eigenvalue weighted by Gasteiger charge is 2.61. The third kappa shape index (κ3) is 4.08. The molecule has 4 aliphatic carbocycles. The molecule has 0 radical (unpaired) electrons. The summed E-state index contributed by atoms with van der Waals surface area (Å²) < 4.78 is 0. The van der Waals surface area contributed by atoms with E-state index in [0.29, 0.717) is 29.1 Å². The third-order valence-corrected chi connectivity index (χ3v) is 11.9. The van der Waals surface area contributed by atoms with Crippen LogP contribution in [-0.2, 0) is 0 Å². The van der Waals surface area contributed by atoms with Crippen LogP contribution in [0.2, 0.25) is 0 Å². The van der Waals surface area contributed by atoms with Gasteiger partial charge in [-0.3, -0.25) is 0 Å².